The van der Waals surface area contributed by atoms with E-state index in [1.807, 2.05) is 30.3 Å². The molecular formula is C27H31N3O4. The first-order valence-electron chi connectivity index (χ1n) is 11.9. The predicted octanol–water partition coefficient (Wildman–Crippen LogP) is 4.79. The van der Waals surface area contributed by atoms with Gasteiger partial charge in [-0.3, -0.25) is 0 Å². The molecule has 0 spiro atoms. The largest absolute Gasteiger partial charge is 0.486 e. The van der Waals surface area contributed by atoms with Crippen LogP contribution in [0.2, 0.25) is 0 Å². The zero-order valence-corrected chi connectivity index (χ0v) is 19.5. The predicted molar refractivity (Wildman–Crippen MR) is 132 cm³/mol. The molecule has 0 bridgehead atoms. The van der Waals surface area contributed by atoms with Crippen molar-refractivity contribution in [2.45, 2.75) is 19.4 Å². The van der Waals surface area contributed by atoms with E-state index in [1.165, 1.54) is 18.4 Å². The van der Waals surface area contributed by atoms with Crippen molar-refractivity contribution >= 4 is 11.4 Å². The first-order valence-corrected chi connectivity index (χ1v) is 11.9. The molecule has 34 heavy (non-hydrogen) atoms. The van der Waals surface area contributed by atoms with E-state index >= 15 is 0 Å². The Morgan fingerprint density at radius 3 is 2.71 bits per heavy atom. The molecule has 2 aromatic carbocycles. The Morgan fingerprint density at radius 2 is 1.88 bits per heavy atom. The molecule has 0 saturated carbocycles. The number of rotatable bonds is 8. The number of anilines is 2. The van der Waals surface area contributed by atoms with Crippen LogP contribution in [0.25, 0.3) is 11.3 Å². The minimum atomic E-state index is 0.521. The molecule has 0 unspecified atom stereocenters. The summed E-state index contributed by atoms with van der Waals surface area (Å²) in [7, 11) is 1.63. The molecule has 2 N–H and O–H groups in total. The Hall–Kier alpha value is -3.29. The minimum absolute atomic E-state index is 0.521. The third kappa shape index (κ3) is 5.26. The number of para-hydroxylation sites is 1. The molecule has 1 saturated heterocycles. The molecule has 2 aliphatic heterocycles. The van der Waals surface area contributed by atoms with Gasteiger partial charge in [0, 0.05) is 30.9 Å². The lowest BCUT2D eigenvalue weighted by Crippen LogP contribution is -2.28. The molecule has 3 aromatic rings. The molecule has 2 aliphatic rings. The first kappa shape index (κ1) is 22.5. The average molecular weight is 462 g/mol. The number of ether oxygens (including phenoxy) is 4. The van der Waals surface area contributed by atoms with Crippen molar-refractivity contribution in [3.05, 3.63) is 60.2 Å². The van der Waals surface area contributed by atoms with Gasteiger partial charge in [-0.1, -0.05) is 18.2 Å². The number of methoxy groups -OCH3 is 1. The Bertz CT molecular complexity index is 1100. The number of pyridine rings is 1. The lowest BCUT2D eigenvalue weighted by Gasteiger charge is -2.22. The number of aromatic nitrogens is 1. The van der Waals surface area contributed by atoms with Crippen molar-refractivity contribution in [2.24, 2.45) is 5.92 Å². The summed E-state index contributed by atoms with van der Waals surface area (Å²) in [6.45, 7) is 4.71. The van der Waals surface area contributed by atoms with Crippen LogP contribution in [0, 0.1) is 5.92 Å². The molecule has 0 aliphatic carbocycles. The van der Waals surface area contributed by atoms with Gasteiger partial charge in [0.05, 0.1) is 19.4 Å². The van der Waals surface area contributed by atoms with Crippen LogP contribution in [0.1, 0.15) is 18.4 Å². The second-order valence-electron chi connectivity index (χ2n) is 8.62. The maximum Gasteiger partial charge on any atom is 0.238 e. The van der Waals surface area contributed by atoms with E-state index in [0.717, 1.165) is 60.4 Å². The Balaban J connectivity index is 1.24. The fourth-order valence-electron chi connectivity index (χ4n) is 4.37. The van der Waals surface area contributed by atoms with Crippen molar-refractivity contribution in [2.75, 3.05) is 45.4 Å². The van der Waals surface area contributed by atoms with Crippen molar-refractivity contribution < 1.29 is 18.9 Å². The van der Waals surface area contributed by atoms with Gasteiger partial charge in [0.15, 0.2) is 11.5 Å². The van der Waals surface area contributed by atoms with Crippen LogP contribution in [0.5, 0.6) is 17.4 Å². The van der Waals surface area contributed by atoms with Crippen molar-refractivity contribution in [3.8, 4) is 28.6 Å². The van der Waals surface area contributed by atoms with E-state index in [9.17, 15) is 0 Å². The molecule has 3 heterocycles. The van der Waals surface area contributed by atoms with Crippen LogP contribution in [0.15, 0.2) is 54.6 Å². The molecule has 0 radical (unpaired) electrons. The Labute approximate surface area is 200 Å². The normalized spacial score (nSPS) is 17.3. The minimum Gasteiger partial charge on any atom is -0.486 e. The van der Waals surface area contributed by atoms with Crippen molar-refractivity contribution in [1.82, 2.24) is 10.3 Å². The van der Waals surface area contributed by atoms with Crippen molar-refractivity contribution in [3.63, 3.8) is 0 Å². The van der Waals surface area contributed by atoms with Gasteiger partial charge in [-0.15, -0.1) is 0 Å². The highest BCUT2D eigenvalue weighted by Gasteiger charge is 2.19. The van der Waals surface area contributed by atoms with Gasteiger partial charge < -0.3 is 29.6 Å². The lowest BCUT2D eigenvalue weighted by atomic mass is 10.0. The fourth-order valence-corrected chi connectivity index (χ4v) is 4.37. The Morgan fingerprint density at radius 1 is 1.00 bits per heavy atom. The summed E-state index contributed by atoms with van der Waals surface area (Å²) >= 11 is 0. The second kappa shape index (κ2) is 10.8. The van der Waals surface area contributed by atoms with Crippen LogP contribution in [0.3, 0.4) is 0 Å². The summed E-state index contributed by atoms with van der Waals surface area (Å²) in [5.74, 6) is 2.61. The molecule has 1 atom stereocenters. The van der Waals surface area contributed by atoms with Gasteiger partial charge >= 0.3 is 0 Å². The number of hydrogen-bond donors (Lipinski definition) is 2. The van der Waals surface area contributed by atoms with Gasteiger partial charge in [-0.05, 0) is 60.7 Å². The van der Waals surface area contributed by atoms with Crippen LogP contribution in [-0.4, -0.2) is 45.1 Å². The summed E-state index contributed by atoms with van der Waals surface area (Å²) in [6, 6.07) is 18.2. The van der Waals surface area contributed by atoms with E-state index in [2.05, 4.69) is 34.9 Å². The highest BCUT2D eigenvalue weighted by Crippen LogP contribution is 2.40. The summed E-state index contributed by atoms with van der Waals surface area (Å²) in [4.78, 5) is 4.73. The molecule has 1 fully saturated rings. The molecule has 178 valence electrons. The smallest absolute Gasteiger partial charge is 0.238 e. The zero-order chi connectivity index (χ0) is 23.2. The number of nitrogens with zero attached hydrogens (tertiary/aromatic N) is 1. The maximum atomic E-state index is 5.85. The highest BCUT2D eigenvalue weighted by molar-refractivity contribution is 5.74. The third-order valence-electron chi connectivity index (χ3n) is 6.15. The monoisotopic (exact) mass is 461 g/mol. The summed E-state index contributed by atoms with van der Waals surface area (Å²) in [6.07, 6.45) is 2.42. The van der Waals surface area contributed by atoms with E-state index in [0.29, 0.717) is 25.0 Å². The number of hydrogen-bond acceptors (Lipinski definition) is 7. The number of fused-ring (bicyclic) bond motifs is 1. The summed E-state index contributed by atoms with van der Waals surface area (Å²) in [5.41, 5.74) is 4.69. The van der Waals surface area contributed by atoms with Gasteiger partial charge in [0.25, 0.3) is 0 Å². The SMILES string of the molecule is COc1nc(-c2cccc3c2OCCO3)ccc1Nc1ccc(CNC[C@@H]2CCCOC2)cc1. The van der Waals surface area contributed by atoms with Gasteiger partial charge in [0.2, 0.25) is 5.88 Å². The van der Waals surface area contributed by atoms with Gasteiger partial charge in [-0.25, -0.2) is 4.98 Å². The van der Waals surface area contributed by atoms with Crippen LogP contribution >= 0.6 is 0 Å². The van der Waals surface area contributed by atoms with Crippen LogP contribution in [-0.2, 0) is 11.3 Å². The van der Waals surface area contributed by atoms with E-state index in [1.54, 1.807) is 7.11 Å². The molecule has 1 aromatic heterocycles. The molecular weight excluding hydrogens is 430 g/mol. The molecule has 5 rings (SSSR count). The second-order valence-corrected chi connectivity index (χ2v) is 8.62. The van der Waals surface area contributed by atoms with Crippen LogP contribution < -0.4 is 24.8 Å². The van der Waals surface area contributed by atoms with Gasteiger partial charge in [-0.2, -0.15) is 0 Å². The van der Waals surface area contributed by atoms with E-state index < -0.39 is 0 Å². The third-order valence-corrected chi connectivity index (χ3v) is 6.15. The number of nitrogens with one attached hydrogen (secondary N) is 2. The Kier molecular flexibility index (Phi) is 7.12. The summed E-state index contributed by atoms with van der Waals surface area (Å²) in [5, 5.41) is 6.97. The average Bonchev–Trinajstić information content (AvgIpc) is 2.90. The standard InChI is InChI=1S/C27H31N3O4/c1-31-27-24(12-11-23(30-27)22-5-2-6-25-26(22)34-15-14-33-25)29-21-9-7-19(8-10-21)16-28-17-20-4-3-13-32-18-20/h2,5-12,20,28-29H,3-4,13-18H2,1H3/t20-/m0/s1. The zero-order valence-electron chi connectivity index (χ0n) is 19.5. The quantitative estimate of drug-likeness (QED) is 0.500. The molecule has 7 heteroatoms. The lowest BCUT2D eigenvalue weighted by molar-refractivity contribution is 0.0547. The molecule has 7 nitrogen and oxygen atoms in total. The van der Waals surface area contributed by atoms with Crippen molar-refractivity contribution in [1.29, 1.82) is 0 Å². The van der Waals surface area contributed by atoms with E-state index in [-0.39, 0.29) is 0 Å². The maximum absolute atomic E-state index is 5.85. The molecule has 0 amide bonds. The van der Waals surface area contributed by atoms with Crippen LogP contribution in [0.4, 0.5) is 11.4 Å². The topological polar surface area (TPSA) is 73.9 Å². The first-order chi connectivity index (χ1) is 16.8. The summed E-state index contributed by atoms with van der Waals surface area (Å²) < 4.78 is 22.7. The fraction of sp³-hybridized carbons (Fsp3) is 0.370. The van der Waals surface area contributed by atoms with Gasteiger partial charge in [0.1, 0.15) is 18.9 Å². The number of benzene rings is 2. The highest BCUT2D eigenvalue weighted by atomic mass is 16.6. The van der Waals surface area contributed by atoms with E-state index in [4.69, 9.17) is 23.9 Å².